The standard InChI is InChI=1S/C20H19N3O2/c1-25-17-4-2-3-16(13-17)19-10-12-23(19)20(24)15-7-5-14(6-8-15)18-9-11-21-22-18/h2-9,11,13,19H,10,12H2,1H3,(H,21,22)/t19-/m0/s1. The van der Waals surface area contributed by atoms with Crippen molar-refractivity contribution in [1.82, 2.24) is 15.1 Å². The van der Waals surface area contributed by atoms with Crippen molar-refractivity contribution >= 4 is 5.91 Å². The fraction of sp³-hybridized carbons (Fsp3) is 0.200. The lowest BCUT2D eigenvalue weighted by Crippen LogP contribution is -2.45. The van der Waals surface area contributed by atoms with Gasteiger partial charge in [0.25, 0.3) is 5.91 Å². The third-order valence-corrected chi connectivity index (χ3v) is 4.70. The minimum absolute atomic E-state index is 0.0650. The summed E-state index contributed by atoms with van der Waals surface area (Å²) < 4.78 is 5.29. The van der Waals surface area contributed by atoms with E-state index in [0.29, 0.717) is 5.56 Å². The van der Waals surface area contributed by atoms with Gasteiger partial charge in [0.15, 0.2) is 0 Å². The van der Waals surface area contributed by atoms with Gasteiger partial charge in [-0.2, -0.15) is 5.10 Å². The predicted molar refractivity (Wildman–Crippen MR) is 95.4 cm³/mol. The second-order valence-electron chi connectivity index (χ2n) is 6.13. The number of aromatic amines is 1. The van der Waals surface area contributed by atoms with Crippen LogP contribution in [0.25, 0.3) is 11.3 Å². The zero-order valence-electron chi connectivity index (χ0n) is 14.0. The molecule has 0 unspecified atom stereocenters. The van der Waals surface area contributed by atoms with Gasteiger partial charge in [0, 0.05) is 18.3 Å². The van der Waals surface area contributed by atoms with Crippen molar-refractivity contribution in [1.29, 1.82) is 0 Å². The number of hydrogen-bond acceptors (Lipinski definition) is 3. The number of hydrogen-bond donors (Lipinski definition) is 1. The minimum atomic E-state index is 0.0650. The van der Waals surface area contributed by atoms with Crippen LogP contribution in [0.15, 0.2) is 60.8 Å². The van der Waals surface area contributed by atoms with E-state index < -0.39 is 0 Å². The molecule has 0 saturated carbocycles. The number of methoxy groups -OCH3 is 1. The first kappa shape index (κ1) is 15.4. The highest BCUT2D eigenvalue weighted by molar-refractivity contribution is 5.95. The summed E-state index contributed by atoms with van der Waals surface area (Å²) in [5.41, 5.74) is 3.78. The molecule has 3 aromatic rings. The van der Waals surface area contributed by atoms with Crippen molar-refractivity contribution < 1.29 is 9.53 Å². The summed E-state index contributed by atoms with van der Waals surface area (Å²) in [6, 6.07) is 17.6. The first-order valence-electron chi connectivity index (χ1n) is 8.31. The number of amides is 1. The number of carbonyl (C=O) groups is 1. The van der Waals surface area contributed by atoms with E-state index in [2.05, 4.69) is 10.2 Å². The average molecular weight is 333 g/mol. The highest BCUT2D eigenvalue weighted by Crippen LogP contribution is 2.35. The predicted octanol–water partition coefficient (Wildman–Crippen LogP) is 3.67. The van der Waals surface area contributed by atoms with Crippen molar-refractivity contribution in [3.05, 3.63) is 71.9 Å². The molecular weight excluding hydrogens is 314 g/mol. The highest BCUT2D eigenvalue weighted by atomic mass is 16.5. The van der Waals surface area contributed by atoms with Crippen LogP contribution >= 0.6 is 0 Å². The SMILES string of the molecule is COc1cccc([C@@H]2CCN2C(=O)c2ccc(-c3ccn[nH]3)cc2)c1. The number of ether oxygens (including phenoxy) is 1. The summed E-state index contributed by atoms with van der Waals surface area (Å²) in [5.74, 6) is 0.885. The molecule has 1 aliphatic heterocycles. The topological polar surface area (TPSA) is 58.2 Å². The lowest BCUT2D eigenvalue weighted by Gasteiger charge is -2.41. The fourth-order valence-electron chi connectivity index (χ4n) is 3.20. The molecule has 2 aromatic carbocycles. The van der Waals surface area contributed by atoms with Gasteiger partial charge in [-0.05, 0) is 47.9 Å². The number of nitrogens with zero attached hydrogens (tertiary/aromatic N) is 2. The Kier molecular flexibility index (Phi) is 3.98. The van der Waals surface area contributed by atoms with Crippen molar-refractivity contribution in [3.63, 3.8) is 0 Å². The van der Waals surface area contributed by atoms with E-state index in [1.54, 1.807) is 13.3 Å². The molecule has 2 heterocycles. The van der Waals surface area contributed by atoms with Gasteiger partial charge in [-0.15, -0.1) is 0 Å². The summed E-state index contributed by atoms with van der Waals surface area (Å²) in [5, 5.41) is 6.88. The van der Waals surface area contributed by atoms with E-state index in [9.17, 15) is 4.79 Å². The van der Waals surface area contributed by atoms with Crippen LogP contribution in [0.4, 0.5) is 0 Å². The van der Waals surface area contributed by atoms with Crippen molar-refractivity contribution in [2.24, 2.45) is 0 Å². The maximum Gasteiger partial charge on any atom is 0.254 e. The van der Waals surface area contributed by atoms with Gasteiger partial charge in [0.2, 0.25) is 0 Å². The molecule has 0 bridgehead atoms. The molecule has 25 heavy (non-hydrogen) atoms. The Hall–Kier alpha value is -3.08. The van der Waals surface area contributed by atoms with E-state index in [1.165, 1.54) is 0 Å². The quantitative estimate of drug-likeness (QED) is 0.792. The van der Waals surface area contributed by atoms with E-state index in [1.807, 2.05) is 59.5 Å². The molecule has 1 saturated heterocycles. The largest absolute Gasteiger partial charge is 0.497 e. The zero-order valence-corrected chi connectivity index (χ0v) is 14.0. The fourth-order valence-corrected chi connectivity index (χ4v) is 3.20. The van der Waals surface area contributed by atoms with Gasteiger partial charge in [0.05, 0.1) is 18.8 Å². The summed E-state index contributed by atoms with van der Waals surface area (Å²) in [6.45, 7) is 0.781. The average Bonchev–Trinajstić information content (AvgIpc) is 3.16. The normalized spacial score (nSPS) is 16.4. The Balaban J connectivity index is 1.52. The molecule has 0 spiro atoms. The number of rotatable bonds is 4. The Labute approximate surface area is 146 Å². The lowest BCUT2D eigenvalue weighted by atomic mass is 9.93. The van der Waals surface area contributed by atoms with Crippen LogP contribution < -0.4 is 4.74 Å². The summed E-state index contributed by atoms with van der Waals surface area (Å²) in [6.07, 6.45) is 2.69. The van der Waals surface area contributed by atoms with Crippen LogP contribution in [0, 0.1) is 0 Å². The van der Waals surface area contributed by atoms with Gasteiger partial charge in [-0.3, -0.25) is 9.89 Å². The monoisotopic (exact) mass is 333 g/mol. The number of benzene rings is 2. The van der Waals surface area contributed by atoms with E-state index in [4.69, 9.17) is 4.74 Å². The Morgan fingerprint density at radius 1 is 1.20 bits per heavy atom. The van der Waals surface area contributed by atoms with Gasteiger partial charge >= 0.3 is 0 Å². The molecule has 5 nitrogen and oxygen atoms in total. The van der Waals surface area contributed by atoms with Gasteiger partial charge in [0.1, 0.15) is 5.75 Å². The first-order chi connectivity index (χ1) is 12.3. The van der Waals surface area contributed by atoms with Crippen LogP contribution in [0.1, 0.15) is 28.4 Å². The zero-order chi connectivity index (χ0) is 17.2. The van der Waals surface area contributed by atoms with Gasteiger partial charge in [-0.1, -0.05) is 24.3 Å². The number of aromatic nitrogens is 2. The second kappa shape index (κ2) is 6.43. The maximum atomic E-state index is 12.8. The number of likely N-dealkylation sites (tertiary alicyclic amines) is 1. The molecule has 5 heteroatoms. The molecular formula is C20H19N3O2. The second-order valence-corrected chi connectivity index (χ2v) is 6.13. The molecule has 1 fully saturated rings. The molecule has 1 aromatic heterocycles. The molecule has 1 amide bonds. The molecule has 126 valence electrons. The van der Waals surface area contributed by atoms with Crippen LogP contribution in [0.5, 0.6) is 5.75 Å². The highest BCUT2D eigenvalue weighted by Gasteiger charge is 2.34. The molecule has 0 aliphatic carbocycles. The Morgan fingerprint density at radius 3 is 2.68 bits per heavy atom. The smallest absolute Gasteiger partial charge is 0.254 e. The molecule has 1 N–H and O–H groups in total. The maximum absolute atomic E-state index is 12.8. The Morgan fingerprint density at radius 2 is 2.04 bits per heavy atom. The molecule has 1 atom stereocenters. The first-order valence-corrected chi connectivity index (χ1v) is 8.31. The third kappa shape index (κ3) is 2.89. The van der Waals surface area contributed by atoms with E-state index >= 15 is 0 Å². The summed E-state index contributed by atoms with van der Waals surface area (Å²) >= 11 is 0. The van der Waals surface area contributed by atoms with Crippen LogP contribution in [-0.4, -0.2) is 34.7 Å². The number of H-pyrrole nitrogens is 1. The van der Waals surface area contributed by atoms with Crippen molar-refractivity contribution in [3.8, 4) is 17.0 Å². The lowest BCUT2D eigenvalue weighted by molar-refractivity contribution is 0.0460. The summed E-state index contributed by atoms with van der Waals surface area (Å²) in [4.78, 5) is 14.8. The van der Waals surface area contributed by atoms with Gasteiger partial charge in [-0.25, -0.2) is 0 Å². The molecule has 4 rings (SSSR count). The van der Waals surface area contributed by atoms with E-state index in [-0.39, 0.29) is 11.9 Å². The van der Waals surface area contributed by atoms with Gasteiger partial charge < -0.3 is 9.64 Å². The van der Waals surface area contributed by atoms with Crippen molar-refractivity contribution in [2.45, 2.75) is 12.5 Å². The Bertz CT molecular complexity index is 872. The van der Waals surface area contributed by atoms with Crippen LogP contribution in [0.3, 0.4) is 0 Å². The van der Waals surface area contributed by atoms with Crippen LogP contribution in [-0.2, 0) is 0 Å². The molecule has 1 aliphatic rings. The van der Waals surface area contributed by atoms with E-state index in [0.717, 1.165) is 35.5 Å². The van der Waals surface area contributed by atoms with Crippen molar-refractivity contribution in [2.75, 3.05) is 13.7 Å². The molecule has 0 radical (unpaired) electrons. The number of nitrogens with one attached hydrogen (secondary N) is 1. The van der Waals surface area contributed by atoms with Crippen LogP contribution in [0.2, 0.25) is 0 Å². The number of carbonyl (C=O) groups excluding carboxylic acids is 1. The summed E-state index contributed by atoms with van der Waals surface area (Å²) in [7, 11) is 1.66. The minimum Gasteiger partial charge on any atom is -0.497 e. The third-order valence-electron chi connectivity index (χ3n) is 4.70.